The molecule has 1 heterocycles. The first-order valence-electron chi connectivity index (χ1n) is 10.1. The number of carbonyl (C=O) groups excluding carboxylic acids is 1. The number of methoxy groups -OCH3 is 1. The first kappa shape index (κ1) is 21.7. The fourth-order valence-electron chi connectivity index (χ4n) is 3.46. The van der Waals surface area contributed by atoms with E-state index in [9.17, 15) is 13.2 Å². The number of ether oxygens (including phenoxy) is 2. The summed E-state index contributed by atoms with van der Waals surface area (Å²) in [7, 11) is -2.34. The Kier molecular flexibility index (Phi) is 5.80. The number of rotatable bonds is 5. The molecule has 0 aromatic heterocycles. The number of carbonyl (C=O) groups is 1. The van der Waals surface area contributed by atoms with Crippen molar-refractivity contribution in [3.8, 4) is 11.5 Å². The fourth-order valence-corrected chi connectivity index (χ4v) is 4.93. The molecule has 3 aromatic carbocycles. The summed E-state index contributed by atoms with van der Waals surface area (Å²) < 4.78 is 39.3. The minimum atomic E-state index is -3.90. The maximum atomic E-state index is 13.5. The van der Waals surface area contributed by atoms with Gasteiger partial charge >= 0.3 is 0 Å². The summed E-state index contributed by atoms with van der Waals surface area (Å²) in [6.07, 6.45) is -1.02. The van der Waals surface area contributed by atoms with Crippen LogP contribution in [-0.2, 0) is 14.8 Å². The van der Waals surface area contributed by atoms with E-state index in [2.05, 4.69) is 5.32 Å². The molecule has 3 aromatic rings. The zero-order valence-electron chi connectivity index (χ0n) is 18.0. The minimum Gasteiger partial charge on any atom is -0.497 e. The third-order valence-electron chi connectivity index (χ3n) is 5.24. The Morgan fingerprint density at radius 3 is 2.31 bits per heavy atom. The van der Waals surface area contributed by atoms with E-state index in [1.54, 1.807) is 67.8 Å². The van der Waals surface area contributed by atoms with Crippen molar-refractivity contribution in [2.75, 3.05) is 23.3 Å². The average molecular weight is 453 g/mol. The molecule has 7 nitrogen and oxygen atoms in total. The molecule has 1 amide bonds. The first-order valence-corrected chi connectivity index (χ1v) is 11.5. The van der Waals surface area contributed by atoms with Crippen molar-refractivity contribution in [3.05, 3.63) is 77.9 Å². The smallest absolute Gasteiger partial charge is 0.267 e. The zero-order valence-corrected chi connectivity index (χ0v) is 18.8. The Labute approximate surface area is 187 Å². The predicted octanol–water partition coefficient (Wildman–Crippen LogP) is 3.91. The number of sulfonamides is 1. The molecule has 0 saturated carbocycles. The third-order valence-corrected chi connectivity index (χ3v) is 7.04. The Morgan fingerprint density at radius 1 is 1.00 bits per heavy atom. The Bertz CT molecular complexity index is 1240. The van der Waals surface area contributed by atoms with Crippen molar-refractivity contribution in [3.63, 3.8) is 0 Å². The molecule has 0 fully saturated rings. The zero-order chi connectivity index (χ0) is 22.9. The second-order valence-electron chi connectivity index (χ2n) is 7.64. The van der Waals surface area contributed by atoms with Crippen LogP contribution in [0.4, 0.5) is 11.4 Å². The Balaban J connectivity index is 1.66. The van der Waals surface area contributed by atoms with Crippen molar-refractivity contribution in [1.82, 2.24) is 0 Å². The molecule has 0 radical (unpaired) electrons. The summed E-state index contributed by atoms with van der Waals surface area (Å²) in [6, 6.07) is 18.8. The highest BCUT2D eigenvalue weighted by Gasteiger charge is 2.37. The molecule has 0 bridgehead atoms. The van der Waals surface area contributed by atoms with Gasteiger partial charge in [0.25, 0.3) is 15.9 Å². The highest BCUT2D eigenvalue weighted by Crippen LogP contribution is 2.38. The molecule has 8 heteroatoms. The van der Waals surface area contributed by atoms with Gasteiger partial charge in [0.05, 0.1) is 24.2 Å². The summed E-state index contributed by atoms with van der Waals surface area (Å²) in [4.78, 5) is 13.1. The number of hydrogen-bond acceptors (Lipinski definition) is 5. The molecule has 0 spiro atoms. The van der Waals surface area contributed by atoms with Gasteiger partial charge in [-0.05, 0) is 67.9 Å². The lowest BCUT2D eigenvalue weighted by atomic mass is 10.1. The molecule has 1 aliphatic heterocycles. The third kappa shape index (κ3) is 4.27. The number of nitrogens with one attached hydrogen (secondary N) is 1. The van der Waals surface area contributed by atoms with E-state index in [-0.39, 0.29) is 11.4 Å². The largest absolute Gasteiger partial charge is 0.497 e. The van der Waals surface area contributed by atoms with Crippen molar-refractivity contribution >= 4 is 27.3 Å². The molecular weight excluding hydrogens is 428 g/mol. The maximum absolute atomic E-state index is 13.5. The molecular formula is C24H24N2O5S. The van der Waals surface area contributed by atoms with Gasteiger partial charge in [0, 0.05) is 5.69 Å². The van der Waals surface area contributed by atoms with Crippen molar-refractivity contribution in [2.24, 2.45) is 0 Å². The quantitative estimate of drug-likeness (QED) is 0.635. The molecule has 1 aliphatic rings. The minimum absolute atomic E-state index is 0.144. The van der Waals surface area contributed by atoms with Crippen LogP contribution in [0.3, 0.4) is 0 Å². The number of anilines is 2. The molecule has 32 heavy (non-hydrogen) atoms. The van der Waals surface area contributed by atoms with E-state index in [4.69, 9.17) is 9.47 Å². The van der Waals surface area contributed by atoms with Crippen LogP contribution in [0.5, 0.6) is 11.5 Å². The van der Waals surface area contributed by atoms with E-state index in [0.29, 0.717) is 22.9 Å². The van der Waals surface area contributed by atoms with Crippen LogP contribution in [0, 0.1) is 13.8 Å². The number of aryl methyl sites for hydroxylation is 2. The summed E-state index contributed by atoms with van der Waals surface area (Å²) in [6.45, 7) is 3.62. The first-order chi connectivity index (χ1) is 15.3. The molecule has 0 aliphatic carbocycles. The number of amides is 1. The summed E-state index contributed by atoms with van der Waals surface area (Å²) >= 11 is 0. The van der Waals surface area contributed by atoms with Crippen LogP contribution in [0.25, 0.3) is 0 Å². The number of nitrogens with zero attached hydrogens (tertiary/aromatic N) is 1. The van der Waals surface area contributed by atoms with Gasteiger partial charge in [-0.2, -0.15) is 0 Å². The van der Waals surface area contributed by atoms with Crippen molar-refractivity contribution < 1.29 is 22.7 Å². The van der Waals surface area contributed by atoms with Crippen LogP contribution in [0.2, 0.25) is 0 Å². The summed E-state index contributed by atoms with van der Waals surface area (Å²) in [5.74, 6) is 0.564. The van der Waals surface area contributed by atoms with E-state index < -0.39 is 22.0 Å². The van der Waals surface area contributed by atoms with Crippen LogP contribution >= 0.6 is 0 Å². The second kappa shape index (κ2) is 8.55. The maximum Gasteiger partial charge on any atom is 0.267 e. The molecule has 1 unspecified atom stereocenters. The van der Waals surface area contributed by atoms with Gasteiger partial charge in [0.15, 0.2) is 6.10 Å². The van der Waals surface area contributed by atoms with E-state index in [0.717, 1.165) is 11.1 Å². The van der Waals surface area contributed by atoms with Crippen LogP contribution in [0.15, 0.2) is 71.6 Å². The van der Waals surface area contributed by atoms with Gasteiger partial charge in [0.1, 0.15) is 11.5 Å². The lowest BCUT2D eigenvalue weighted by Crippen LogP contribution is -2.48. The van der Waals surface area contributed by atoms with Gasteiger partial charge in [-0.3, -0.25) is 9.10 Å². The molecule has 1 N–H and O–H groups in total. The Hall–Kier alpha value is -3.52. The van der Waals surface area contributed by atoms with Gasteiger partial charge in [-0.15, -0.1) is 0 Å². The molecule has 166 valence electrons. The fraction of sp³-hybridized carbons (Fsp3) is 0.208. The predicted molar refractivity (Wildman–Crippen MR) is 123 cm³/mol. The number of hydrogen-bond donors (Lipinski definition) is 1. The van der Waals surface area contributed by atoms with Gasteiger partial charge < -0.3 is 14.8 Å². The van der Waals surface area contributed by atoms with Crippen LogP contribution in [0.1, 0.15) is 11.1 Å². The summed E-state index contributed by atoms with van der Waals surface area (Å²) in [5.41, 5.74) is 2.82. The lowest BCUT2D eigenvalue weighted by molar-refractivity contribution is -0.122. The number of benzene rings is 3. The monoisotopic (exact) mass is 452 g/mol. The van der Waals surface area contributed by atoms with Gasteiger partial charge in [-0.25, -0.2) is 8.42 Å². The second-order valence-corrected chi connectivity index (χ2v) is 9.51. The standard InChI is InChI=1S/C24H24N2O5S/c1-16-4-11-20(12-5-16)32(28,29)26-15-23(31-22-13-6-17(2)14-21(22)26)24(27)25-18-7-9-19(30-3)10-8-18/h4-14,23H,15H2,1-3H3,(H,25,27). The van der Waals surface area contributed by atoms with Gasteiger partial charge in [-0.1, -0.05) is 23.8 Å². The van der Waals surface area contributed by atoms with E-state index in [1.807, 2.05) is 19.9 Å². The van der Waals surface area contributed by atoms with E-state index in [1.165, 1.54) is 4.31 Å². The SMILES string of the molecule is COc1ccc(NC(=O)C2CN(S(=O)(=O)c3ccc(C)cc3)c3cc(C)ccc3O2)cc1. The highest BCUT2D eigenvalue weighted by atomic mass is 32.2. The van der Waals surface area contributed by atoms with Crippen molar-refractivity contribution in [1.29, 1.82) is 0 Å². The lowest BCUT2D eigenvalue weighted by Gasteiger charge is -2.35. The molecule has 0 saturated heterocycles. The van der Waals surface area contributed by atoms with Gasteiger partial charge in [0.2, 0.25) is 0 Å². The Morgan fingerprint density at radius 2 is 1.66 bits per heavy atom. The number of fused-ring (bicyclic) bond motifs is 1. The topological polar surface area (TPSA) is 84.9 Å². The molecule has 4 rings (SSSR count). The molecule has 1 atom stereocenters. The summed E-state index contributed by atoms with van der Waals surface area (Å²) in [5, 5.41) is 2.78. The van der Waals surface area contributed by atoms with E-state index >= 15 is 0 Å². The highest BCUT2D eigenvalue weighted by molar-refractivity contribution is 7.92. The van der Waals surface area contributed by atoms with Crippen molar-refractivity contribution in [2.45, 2.75) is 24.8 Å². The average Bonchev–Trinajstić information content (AvgIpc) is 2.79. The van der Waals surface area contributed by atoms with Crippen LogP contribution in [-0.4, -0.2) is 34.1 Å². The normalized spacial score (nSPS) is 15.5. The van der Waals surface area contributed by atoms with Crippen LogP contribution < -0.4 is 19.1 Å².